The van der Waals surface area contributed by atoms with Gasteiger partial charge in [-0.25, -0.2) is 0 Å². The number of hydrogen-bond acceptors (Lipinski definition) is 2. The summed E-state index contributed by atoms with van der Waals surface area (Å²) in [5.74, 6) is 1.36. The molecule has 1 atom stereocenters. The fraction of sp³-hybridized carbons (Fsp3) is 0.417. The van der Waals surface area contributed by atoms with Crippen molar-refractivity contribution in [3.63, 3.8) is 0 Å². The Morgan fingerprint density at radius 3 is 2.93 bits per heavy atom. The van der Waals surface area contributed by atoms with Crippen LogP contribution >= 0.6 is 0 Å². The van der Waals surface area contributed by atoms with Crippen LogP contribution in [0.5, 0.6) is 5.75 Å². The standard InChI is InChI=1S/C12H14O2/c1-2-14-10-5-3-4-9(8-10)11-6-7-12(11)13/h3-5,8,11H,2,6-7H2,1H3. The van der Waals surface area contributed by atoms with Gasteiger partial charge < -0.3 is 4.74 Å². The van der Waals surface area contributed by atoms with E-state index in [1.54, 1.807) is 0 Å². The van der Waals surface area contributed by atoms with Gasteiger partial charge in [0, 0.05) is 12.3 Å². The number of benzene rings is 1. The summed E-state index contributed by atoms with van der Waals surface area (Å²) in [6.45, 7) is 2.63. The van der Waals surface area contributed by atoms with Crippen molar-refractivity contribution >= 4 is 5.78 Å². The van der Waals surface area contributed by atoms with E-state index in [9.17, 15) is 4.79 Å². The van der Waals surface area contributed by atoms with Crippen LogP contribution in [0, 0.1) is 0 Å². The molecular formula is C12H14O2. The summed E-state index contributed by atoms with van der Waals surface area (Å²) in [6.07, 6.45) is 1.73. The molecule has 2 heteroatoms. The molecule has 1 saturated carbocycles. The Kier molecular flexibility index (Phi) is 2.53. The lowest BCUT2D eigenvalue weighted by Crippen LogP contribution is -2.23. The highest BCUT2D eigenvalue weighted by Gasteiger charge is 2.29. The van der Waals surface area contributed by atoms with E-state index in [4.69, 9.17) is 4.74 Å². The summed E-state index contributed by atoms with van der Waals surface area (Å²) in [5.41, 5.74) is 1.10. The van der Waals surface area contributed by atoms with Gasteiger partial charge in [0.25, 0.3) is 0 Å². The number of ketones is 1. The number of rotatable bonds is 3. The molecule has 1 aliphatic rings. The first kappa shape index (κ1) is 9.25. The number of carbonyl (C=O) groups is 1. The Morgan fingerprint density at radius 2 is 2.36 bits per heavy atom. The van der Waals surface area contributed by atoms with Gasteiger partial charge in [0.15, 0.2) is 0 Å². The average Bonchev–Trinajstić information content (AvgIpc) is 2.17. The minimum atomic E-state index is 0.135. The third-order valence-corrected chi connectivity index (χ3v) is 2.64. The van der Waals surface area contributed by atoms with Gasteiger partial charge >= 0.3 is 0 Å². The van der Waals surface area contributed by atoms with Gasteiger partial charge in [0.2, 0.25) is 0 Å². The van der Waals surface area contributed by atoms with Gasteiger partial charge in [-0.3, -0.25) is 4.79 Å². The van der Waals surface area contributed by atoms with Crippen LogP contribution in [0.25, 0.3) is 0 Å². The Morgan fingerprint density at radius 1 is 1.50 bits per heavy atom. The second-order valence-electron chi connectivity index (χ2n) is 3.56. The van der Waals surface area contributed by atoms with Gasteiger partial charge in [0.05, 0.1) is 6.61 Å². The minimum Gasteiger partial charge on any atom is -0.494 e. The lowest BCUT2D eigenvalue weighted by Gasteiger charge is -2.24. The average molecular weight is 190 g/mol. The third-order valence-electron chi connectivity index (χ3n) is 2.64. The van der Waals surface area contributed by atoms with Crippen LogP contribution in [0.1, 0.15) is 31.2 Å². The molecule has 0 bridgehead atoms. The highest BCUT2D eigenvalue weighted by Crippen LogP contribution is 2.34. The quantitative estimate of drug-likeness (QED) is 0.732. The van der Waals surface area contributed by atoms with Crippen molar-refractivity contribution in [3.05, 3.63) is 29.8 Å². The number of Topliss-reactive ketones (excluding diaryl/α,β-unsaturated/α-hetero) is 1. The van der Waals surface area contributed by atoms with Crippen molar-refractivity contribution in [2.45, 2.75) is 25.7 Å². The van der Waals surface area contributed by atoms with E-state index in [0.717, 1.165) is 24.2 Å². The van der Waals surface area contributed by atoms with Gasteiger partial charge in [-0.05, 0) is 31.0 Å². The molecule has 0 saturated heterocycles. The van der Waals surface area contributed by atoms with Crippen LogP contribution in [0.2, 0.25) is 0 Å². The molecule has 0 aromatic heterocycles. The minimum absolute atomic E-state index is 0.135. The van der Waals surface area contributed by atoms with Crippen molar-refractivity contribution in [1.29, 1.82) is 0 Å². The predicted octanol–water partition coefficient (Wildman–Crippen LogP) is 2.53. The molecule has 1 fully saturated rings. The Bertz CT molecular complexity index is 344. The van der Waals surface area contributed by atoms with Crippen LogP contribution in [0.3, 0.4) is 0 Å². The number of ether oxygens (including phenoxy) is 1. The normalized spacial score (nSPS) is 20.4. The maximum atomic E-state index is 11.3. The van der Waals surface area contributed by atoms with E-state index in [-0.39, 0.29) is 5.92 Å². The van der Waals surface area contributed by atoms with Crippen molar-refractivity contribution in [2.24, 2.45) is 0 Å². The zero-order valence-electron chi connectivity index (χ0n) is 8.32. The van der Waals surface area contributed by atoms with Crippen LogP contribution in [-0.2, 0) is 4.79 Å². The molecule has 14 heavy (non-hydrogen) atoms. The van der Waals surface area contributed by atoms with Crippen molar-refractivity contribution in [3.8, 4) is 5.75 Å². The molecule has 0 aliphatic heterocycles. The van der Waals surface area contributed by atoms with Gasteiger partial charge in [0.1, 0.15) is 11.5 Å². The lowest BCUT2D eigenvalue weighted by molar-refractivity contribution is -0.125. The first-order valence-electron chi connectivity index (χ1n) is 5.06. The molecular weight excluding hydrogens is 176 g/mol. The Labute approximate surface area is 83.9 Å². The highest BCUT2D eigenvalue weighted by atomic mass is 16.5. The van der Waals surface area contributed by atoms with Crippen molar-refractivity contribution in [1.82, 2.24) is 0 Å². The van der Waals surface area contributed by atoms with E-state index in [0.29, 0.717) is 12.4 Å². The molecule has 74 valence electrons. The summed E-state index contributed by atoms with van der Waals surface area (Å²) in [7, 11) is 0. The lowest BCUT2D eigenvalue weighted by atomic mass is 9.79. The summed E-state index contributed by atoms with van der Waals surface area (Å²) in [6, 6.07) is 7.86. The Hall–Kier alpha value is -1.31. The molecule has 0 amide bonds. The predicted molar refractivity (Wildman–Crippen MR) is 54.6 cm³/mol. The van der Waals surface area contributed by atoms with E-state index in [2.05, 4.69) is 0 Å². The molecule has 1 aromatic carbocycles. The van der Waals surface area contributed by atoms with Crippen LogP contribution < -0.4 is 4.74 Å². The zero-order chi connectivity index (χ0) is 9.97. The maximum Gasteiger partial charge on any atom is 0.140 e. The topological polar surface area (TPSA) is 26.3 Å². The Balaban J connectivity index is 2.17. The SMILES string of the molecule is CCOc1cccc(C2CCC2=O)c1. The molecule has 2 rings (SSSR count). The first-order chi connectivity index (χ1) is 6.81. The van der Waals surface area contributed by atoms with Crippen molar-refractivity contribution in [2.75, 3.05) is 6.61 Å². The fourth-order valence-electron chi connectivity index (χ4n) is 1.75. The largest absolute Gasteiger partial charge is 0.494 e. The third kappa shape index (κ3) is 1.65. The second kappa shape index (κ2) is 3.82. The van der Waals surface area contributed by atoms with Gasteiger partial charge in [-0.2, -0.15) is 0 Å². The van der Waals surface area contributed by atoms with Crippen molar-refractivity contribution < 1.29 is 9.53 Å². The molecule has 1 aromatic rings. The molecule has 0 radical (unpaired) electrons. The molecule has 2 nitrogen and oxygen atoms in total. The molecule has 0 heterocycles. The molecule has 0 N–H and O–H groups in total. The highest BCUT2D eigenvalue weighted by molar-refractivity contribution is 5.91. The number of carbonyl (C=O) groups excluding carboxylic acids is 1. The summed E-state index contributed by atoms with van der Waals surface area (Å²) in [5, 5.41) is 0. The van der Waals surface area contributed by atoms with E-state index < -0.39 is 0 Å². The zero-order valence-corrected chi connectivity index (χ0v) is 8.32. The smallest absolute Gasteiger partial charge is 0.140 e. The maximum absolute atomic E-state index is 11.3. The summed E-state index contributed by atoms with van der Waals surface area (Å²) < 4.78 is 5.39. The fourth-order valence-corrected chi connectivity index (χ4v) is 1.75. The molecule has 0 spiro atoms. The monoisotopic (exact) mass is 190 g/mol. The number of hydrogen-bond donors (Lipinski definition) is 0. The van der Waals surface area contributed by atoms with Crippen LogP contribution in [0.15, 0.2) is 24.3 Å². The molecule has 1 aliphatic carbocycles. The van der Waals surface area contributed by atoms with Crippen LogP contribution in [0.4, 0.5) is 0 Å². The van der Waals surface area contributed by atoms with E-state index in [1.165, 1.54) is 0 Å². The van der Waals surface area contributed by atoms with E-state index in [1.807, 2.05) is 31.2 Å². The van der Waals surface area contributed by atoms with E-state index >= 15 is 0 Å². The first-order valence-corrected chi connectivity index (χ1v) is 5.06. The summed E-state index contributed by atoms with van der Waals surface area (Å²) in [4.78, 5) is 11.3. The van der Waals surface area contributed by atoms with Crippen LogP contribution in [-0.4, -0.2) is 12.4 Å². The van der Waals surface area contributed by atoms with Gasteiger partial charge in [-0.15, -0.1) is 0 Å². The van der Waals surface area contributed by atoms with Gasteiger partial charge in [-0.1, -0.05) is 12.1 Å². The second-order valence-corrected chi connectivity index (χ2v) is 3.56. The molecule has 1 unspecified atom stereocenters. The summed E-state index contributed by atoms with van der Waals surface area (Å²) >= 11 is 0.